The van der Waals surface area contributed by atoms with Crippen molar-refractivity contribution in [1.29, 1.82) is 0 Å². The molecule has 0 unspecified atom stereocenters. The van der Waals surface area contributed by atoms with Crippen molar-refractivity contribution in [3.63, 3.8) is 0 Å². The van der Waals surface area contributed by atoms with Crippen LogP contribution in [0, 0.1) is 0 Å². The Bertz CT molecular complexity index is 988. The molecule has 0 saturated carbocycles. The van der Waals surface area contributed by atoms with E-state index >= 15 is 0 Å². The first-order valence-corrected chi connectivity index (χ1v) is 11.5. The zero-order chi connectivity index (χ0) is 22.6. The van der Waals surface area contributed by atoms with E-state index in [-0.39, 0.29) is 18.4 Å². The molecular weight excluding hydrogens is 432 g/mol. The van der Waals surface area contributed by atoms with E-state index < -0.39 is 18.3 Å². The number of halogens is 2. The summed E-state index contributed by atoms with van der Waals surface area (Å²) in [5, 5.41) is 1.04. The van der Waals surface area contributed by atoms with E-state index in [2.05, 4.69) is 46.8 Å². The number of rotatable bonds is 3. The highest BCUT2D eigenvalue weighted by atomic mass is 35.5. The maximum absolute atomic E-state index is 13.2. The van der Waals surface area contributed by atoms with Gasteiger partial charge in [0, 0.05) is 16.6 Å². The fourth-order valence-electron chi connectivity index (χ4n) is 4.38. The summed E-state index contributed by atoms with van der Waals surface area (Å²) in [5.74, 6) is 0.0224. The molecule has 1 atom stereocenters. The number of carbonyl (C=O) groups excluding carboxylic acids is 1. The highest BCUT2D eigenvalue weighted by Gasteiger charge is 2.52. The molecule has 2 aromatic carbocycles. The van der Waals surface area contributed by atoms with E-state index in [9.17, 15) is 4.79 Å². The van der Waals surface area contributed by atoms with Gasteiger partial charge in [-0.2, -0.15) is 0 Å². The van der Waals surface area contributed by atoms with Crippen LogP contribution in [0.2, 0.25) is 10.0 Å². The second kappa shape index (κ2) is 8.11. The maximum atomic E-state index is 13.2. The zero-order valence-electron chi connectivity index (χ0n) is 18.7. The van der Waals surface area contributed by atoms with Crippen LogP contribution < -0.4 is 5.46 Å². The molecule has 2 heterocycles. The Hall–Kier alpha value is -1.53. The third kappa shape index (κ3) is 4.02. The van der Waals surface area contributed by atoms with E-state index in [1.807, 2.05) is 11.0 Å². The molecule has 1 saturated heterocycles. The molecule has 164 valence electrons. The summed E-state index contributed by atoms with van der Waals surface area (Å²) in [7, 11) is -0.406. The summed E-state index contributed by atoms with van der Waals surface area (Å²) in [6, 6.07) is 11.5. The third-order valence-electron chi connectivity index (χ3n) is 6.99. The number of carbonyl (C=O) groups is 1. The van der Waals surface area contributed by atoms with Crippen LogP contribution in [0.25, 0.3) is 0 Å². The quantitative estimate of drug-likeness (QED) is 0.607. The molecule has 1 fully saturated rings. The van der Waals surface area contributed by atoms with Crippen LogP contribution in [0.5, 0.6) is 0 Å². The van der Waals surface area contributed by atoms with Crippen molar-refractivity contribution in [3.8, 4) is 0 Å². The molecule has 2 aliphatic rings. The van der Waals surface area contributed by atoms with Crippen molar-refractivity contribution in [2.24, 2.45) is 0 Å². The lowest BCUT2D eigenvalue weighted by Gasteiger charge is -2.36. The van der Waals surface area contributed by atoms with Gasteiger partial charge in [0.2, 0.25) is 5.91 Å². The first kappa shape index (κ1) is 22.7. The minimum atomic E-state index is -0.406. The van der Waals surface area contributed by atoms with Crippen LogP contribution in [0.15, 0.2) is 36.4 Å². The van der Waals surface area contributed by atoms with Gasteiger partial charge in [-0.15, -0.1) is 0 Å². The summed E-state index contributed by atoms with van der Waals surface area (Å²) in [6.07, 6.45) is 0.941. The van der Waals surface area contributed by atoms with Crippen LogP contribution in [-0.4, -0.2) is 35.7 Å². The van der Waals surface area contributed by atoms with Gasteiger partial charge in [-0.3, -0.25) is 4.79 Å². The Morgan fingerprint density at radius 2 is 1.65 bits per heavy atom. The van der Waals surface area contributed by atoms with E-state index in [4.69, 9.17) is 32.5 Å². The van der Waals surface area contributed by atoms with Crippen molar-refractivity contribution in [2.45, 2.75) is 64.7 Å². The molecular formula is C24H28BCl2NO3. The Kier molecular flexibility index (Phi) is 5.93. The molecule has 2 aromatic rings. The standard InChI is InChI=1S/C24H28BCl2NO3/c1-15-16-8-6-9-19(25-30-23(2,3)24(4,5)31-25)17(16)12-13-28(15)22(29)14-18-20(26)10-7-11-21(18)27/h6-11,15H,12-14H2,1-5H3/t15-/m0/s1. The lowest BCUT2D eigenvalue weighted by atomic mass is 9.72. The summed E-state index contributed by atoms with van der Waals surface area (Å²) >= 11 is 12.6. The normalized spacial score (nSPS) is 21.8. The molecule has 0 N–H and O–H groups in total. The lowest BCUT2D eigenvalue weighted by molar-refractivity contribution is -0.133. The predicted molar refractivity (Wildman–Crippen MR) is 126 cm³/mol. The fourth-order valence-corrected chi connectivity index (χ4v) is 4.91. The number of fused-ring (bicyclic) bond motifs is 1. The number of benzene rings is 2. The average Bonchev–Trinajstić information content (AvgIpc) is 2.92. The van der Waals surface area contributed by atoms with Gasteiger partial charge >= 0.3 is 7.12 Å². The van der Waals surface area contributed by atoms with Gasteiger partial charge in [0.1, 0.15) is 0 Å². The van der Waals surface area contributed by atoms with Crippen molar-refractivity contribution >= 4 is 41.7 Å². The van der Waals surface area contributed by atoms with Crippen LogP contribution in [0.1, 0.15) is 57.4 Å². The first-order valence-electron chi connectivity index (χ1n) is 10.7. The minimum Gasteiger partial charge on any atom is -0.399 e. The Balaban J connectivity index is 1.59. The van der Waals surface area contributed by atoms with Crippen LogP contribution >= 0.6 is 23.2 Å². The smallest absolute Gasteiger partial charge is 0.399 e. The largest absolute Gasteiger partial charge is 0.495 e. The molecule has 0 aromatic heterocycles. The second-order valence-corrected chi connectivity index (χ2v) is 10.2. The number of amides is 1. The zero-order valence-corrected chi connectivity index (χ0v) is 20.2. The highest BCUT2D eigenvalue weighted by Crippen LogP contribution is 2.38. The van der Waals surface area contributed by atoms with Gasteiger partial charge in [-0.25, -0.2) is 0 Å². The predicted octanol–water partition coefficient (Wildman–Crippen LogP) is 4.98. The lowest BCUT2D eigenvalue weighted by Crippen LogP contribution is -2.44. The maximum Gasteiger partial charge on any atom is 0.495 e. The molecule has 7 heteroatoms. The number of nitrogens with zero attached hydrogens (tertiary/aromatic N) is 1. The molecule has 0 aliphatic carbocycles. The fraction of sp³-hybridized carbons (Fsp3) is 0.458. The molecule has 0 bridgehead atoms. The molecule has 0 radical (unpaired) electrons. The Labute approximate surface area is 195 Å². The molecule has 31 heavy (non-hydrogen) atoms. The molecule has 0 spiro atoms. The minimum absolute atomic E-state index is 0.0224. The van der Waals surface area contributed by atoms with Crippen LogP contribution in [0.4, 0.5) is 0 Å². The van der Waals surface area contributed by atoms with E-state index in [1.165, 1.54) is 5.56 Å². The SMILES string of the molecule is C[C@H]1c2cccc(B3OC(C)(C)C(C)(C)O3)c2CCN1C(=O)Cc1c(Cl)cccc1Cl. The Morgan fingerprint density at radius 1 is 1.06 bits per heavy atom. The van der Waals surface area contributed by atoms with E-state index in [1.54, 1.807) is 18.2 Å². The van der Waals surface area contributed by atoms with Gasteiger partial charge in [-0.1, -0.05) is 47.5 Å². The summed E-state index contributed by atoms with van der Waals surface area (Å²) in [5.41, 5.74) is 3.31. The summed E-state index contributed by atoms with van der Waals surface area (Å²) in [4.78, 5) is 15.1. The van der Waals surface area contributed by atoms with E-state index in [0.717, 1.165) is 17.4 Å². The highest BCUT2D eigenvalue weighted by molar-refractivity contribution is 6.62. The average molecular weight is 460 g/mol. The summed E-state index contributed by atoms with van der Waals surface area (Å²) in [6.45, 7) is 10.9. The van der Waals surface area contributed by atoms with Gasteiger partial charge in [0.25, 0.3) is 0 Å². The van der Waals surface area contributed by atoms with Crippen molar-refractivity contribution in [1.82, 2.24) is 4.90 Å². The molecule has 4 nitrogen and oxygen atoms in total. The number of hydrogen-bond donors (Lipinski definition) is 0. The molecule has 4 rings (SSSR count). The second-order valence-electron chi connectivity index (χ2n) is 9.39. The van der Waals surface area contributed by atoms with Gasteiger partial charge < -0.3 is 14.2 Å². The van der Waals surface area contributed by atoms with Gasteiger partial charge in [-0.05, 0) is 75.3 Å². The molecule has 1 amide bonds. The first-order chi connectivity index (χ1) is 14.5. The third-order valence-corrected chi connectivity index (χ3v) is 7.69. The van der Waals surface area contributed by atoms with Gasteiger partial charge in [0.05, 0.1) is 23.7 Å². The number of hydrogen-bond acceptors (Lipinski definition) is 3. The van der Waals surface area contributed by atoms with Crippen LogP contribution in [-0.2, 0) is 26.9 Å². The topological polar surface area (TPSA) is 38.8 Å². The molecule has 2 aliphatic heterocycles. The monoisotopic (exact) mass is 459 g/mol. The van der Waals surface area contributed by atoms with Crippen LogP contribution in [0.3, 0.4) is 0 Å². The van der Waals surface area contributed by atoms with Crippen molar-refractivity contribution < 1.29 is 14.1 Å². The van der Waals surface area contributed by atoms with Gasteiger partial charge in [0.15, 0.2) is 0 Å². The van der Waals surface area contributed by atoms with Crippen molar-refractivity contribution in [2.75, 3.05) is 6.54 Å². The van der Waals surface area contributed by atoms with Crippen molar-refractivity contribution in [3.05, 3.63) is 63.1 Å². The Morgan fingerprint density at radius 3 is 2.26 bits per heavy atom. The van der Waals surface area contributed by atoms with E-state index in [0.29, 0.717) is 22.2 Å². The summed E-state index contributed by atoms with van der Waals surface area (Å²) < 4.78 is 12.6.